The predicted octanol–water partition coefficient (Wildman–Crippen LogP) is 3.06. The molecule has 6 heteroatoms. The topological polar surface area (TPSA) is 81.7 Å². The Morgan fingerprint density at radius 2 is 1.43 bits per heavy atom. The maximum absolute atomic E-state index is 13.7. The van der Waals surface area contributed by atoms with Crippen LogP contribution in [0.3, 0.4) is 0 Å². The third kappa shape index (κ3) is 5.96. The number of nitrogens with one attached hydrogen (secondary N) is 2. The van der Waals surface area contributed by atoms with Gasteiger partial charge in [0.25, 0.3) is 0 Å². The minimum Gasteiger partial charge on any atom is -0.385 e. The zero-order valence-electron chi connectivity index (χ0n) is 20.3. The molecular formula is C29H33N3O3. The van der Waals surface area contributed by atoms with E-state index in [1.165, 1.54) is 0 Å². The van der Waals surface area contributed by atoms with Gasteiger partial charge in [-0.15, -0.1) is 0 Å². The molecule has 1 saturated heterocycles. The summed E-state index contributed by atoms with van der Waals surface area (Å²) < 4.78 is 0. The van der Waals surface area contributed by atoms with Crippen molar-refractivity contribution in [1.29, 1.82) is 0 Å². The van der Waals surface area contributed by atoms with Crippen LogP contribution in [0.4, 0.5) is 0 Å². The highest BCUT2D eigenvalue weighted by Crippen LogP contribution is 2.30. The molecule has 1 heterocycles. The molecule has 6 nitrogen and oxygen atoms in total. The van der Waals surface area contributed by atoms with E-state index >= 15 is 0 Å². The fraction of sp³-hybridized carbons (Fsp3) is 0.310. The molecule has 2 unspecified atom stereocenters. The van der Waals surface area contributed by atoms with Crippen molar-refractivity contribution < 1.29 is 14.7 Å². The van der Waals surface area contributed by atoms with Gasteiger partial charge in [0.2, 0.25) is 11.8 Å². The van der Waals surface area contributed by atoms with E-state index in [1.54, 1.807) is 4.90 Å². The van der Waals surface area contributed by atoms with E-state index in [9.17, 15) is 14.7 Å². The summed E-state index contributed by atoms with van der Waals surface area (Å²) in [5.74, 6) is -0.386. The number of carbonyl (C=O) groups excluding carboxylic acids is 2. The first-order valence-electron chi connectivity index (χ1n) is 12.0. The van der Waals surface area contributed by atoms with E-state index in [-0.39, 0.29) is 31.2 Å². The van der Waals surface area contributed by atoms with Crippen LogP contribution in [0.15, 0.2) is 91.0 Å². The number of benzene rings is 3. The van der Waals surface area contributed by atoms with E-state index in [0.29, 0.717) is 6.54 Å². The quantitative estimate of drug-likeness (QED) is 0.448. The van der Waals surface area contributed by atoms with Crippen LogP contribution in [0.5, 0.6) is 0 Å². The second kappa shape index (κ2) is 10.4. The minimum atomic E-state index is -1.52. The maximum atomic E-state index is 13.7. The highest BCUT2D eigenvalue weighted by molar-refractivity contribution is 5.87. The molecule has 0 bridgehead atoms. The summed E-state index contributed by atoms with van der Waals surface area (Å²) in [5.41, 5.74) is 0.603. The van der Waals surface area contributed by atoms with Gasteiger partial charge in [0.15, 0.2) is 0 Å². The number of nitrogens with zero attached hydrogens (tertiary/aromatic N) is 1. The van der Waals surface area contributed by atoms with Crippen LogP contribution in [0.2, 0.25) is 0 Å². The number of aliphatic hydroxyl groups is 1. The molecule has 3 aromatic rings. The van der Waals surface area contributed by atoms with Gasteiger partial charge in [-0.2, -0.15) is 0 Å². The zero-order chi connectivity index (χ0) is 24.9. The smallest absolute Gasteiger partial charge is 0.244 e. The highest BCUT2D eigenvalue weighted by atomic mass is 16.3. The summed E-state index contributed by atoms with van der Waals surface area (Å²) in [4.78, 5) is 28.2. The molecule has 0 saturated carbocycles. The molecule has 3 aromatic carbocycles. The van der Waals surface area contributed by atoms with Gasteiger partial charge < -0.3 is 15.3 Å². The molecule has 0 spiro atoms. The first-order valence-corrected chi connectivity index (χ1v) is 12.0. The van der Waals surface area contributed by atoms with Crippen LogP contribution in [0.1, 0.15) is 30.5 Å². The van der Waals surface area contributed by atoms with E-state index in [2.05, 4.69) is 10.6 Å². The van der Waals surface area contributed by atoms with Crippen LogP contribution < -0.4 is 10.6 Å². The molecule has 0 radical (unpaired) electrons. The van der Waals surface area contributed by atoms with E-state index < -0.39 is 17.3 Å². The van der Waals surface area contributed by atoms with Crippen LogP contribution in [0, 0.1) is 0 Å². The fourth-order valence-corrected chi connectivity index (χ4v) is 4.64. The average molecular weight is 472 g/mol. The van der Waals surface area contributed by atoms with Gasteiger partial charge in [-0.25, -0.2) is 0 Å². The molecular weight excluding hydrogens is 438 g/mol. The lowest BCUT2D eigenvalue weighted by Gasteiger charge is -2.34. The van der Waals surface area contributed by atoms with Crippen LogP contribution >= 0.6 is 0 Å². The summed E-state index contributed by atoms with van der Waals surface area (Å²) in [7, 11) is 0. The largest absolute Gasteiger partial charge is 0.385 e. The third-order valence-corrected chi connectivity index (χ3v) is 6.56. The number of hydrogen-bond acceptors (Lipinski definition) is 4. The molecule has 0 aliphatic carbocycles. The number of amides is 2. The second-order valence-electron chi connectivity index (χ2n) is 9.75. The van der Waals surface area contributed by atoms with Gasteiger partial charge in [0, 0.05) is 19.5 Å². The van der Waals surface area contributed by atoms with Crippen molar-refractivity contribution in [3.8, 4) is 0 Å². The number of hydrogen-bond donors (Lipinski definition) is 3. The van der Waals surface area contributed by atoms with Crippen LogP contribution in [-0.2, 0) is 29.0 Å². The Bertz CT molecular complexity index is 1140. The Labute approximate surface area is 207 Å². The first-order chi connectivity index (χ1) is 16.8. The molecule has 3 N–H and O–H groups in total. The lowest BCUT2D eigenvalue weighted by Crippen LogP contribution is -2.60. The lowest BCUT2D eigenvalue weighted by atomic mass is 9.86. The summed E-state index contributed by atoms with van der Waals surface area (Å²) in [6.07, 6.45) is 0.429. The monoisotopic (exact) mass is 471 g/mol. The summed E-state index contributed by atoms with van der Waals surface area (Å²) in [5, 5.41) is 18.2. The first kappa shape index (κ1) is 24.6. The van der Waals surface area contributed by atoms with Crippen molar-refractivity contribution in [1.82, 2.24) is 15.5 Å². The fourth-order valence-electron chi connectivity index (χ4n) is 4.64. The molecule has 1 aliphatic rings. The van der Waals surface area contributed by atoms with Crippen LogP contribution in [0.25, 0.3) is 0 Å². The Balaban J connectivity index is 1.55. The summed E-state index contributed by atoms with van der Waals surface area (Å²) in [6, 6.07) is 27.9. The molecule has 1 aliphatic heterocycles. The normalized spacial score (nSPS) is 18.8. The molecule has 1 fully saturated rings. The van der Waals surface area contributed by atoms with Crippen molar-refractivity contribution >= 4 is 11.8 Å². The number of rotatable bonds is 9. The van der Waals surface area contributed by atoms with Gasteiger partial charge in [-0.3, -0.25) is 14.9 Å². The standard InChI is InChI=1S/C29H33N3O3/c1-28(2)31-26(27(34)32(28)20-24-16-10-5-11-17-24)29(35,19-23-14-8-4-9-15-23)21-30-25(33)18-22-12-6-3-7-13-22/h3-17,26,31,35H,18-21H2,1-2H3,(H,30,33). The summed E-state index contributed by atoms with van der Waals surface area (Å²) >= 11 is 0. The second-order valence-corrected chi connectivity index (χ2v) is 9.75. The SMILES string of the molecule is CC1(C)NC(C(O)(CNC(=O)Cc2ccccc2)Cc2ccccc2)C(=O)N1Cc1ccccc1. The molecule has 182 valence electrons. The van der Waals surface area contributed by atoms with Gasteiger partial charge in [-0.1, -0.05) is 91.0 Å². The lowest BCUT2D eigenvalue weighted by molar-refractivity contribution is -0.137. The maximum Gasteiger partial charge on any atom is 0.244 e. The van der Waals surface area contributed by atoms with Gasteiger partial charge in [0.1, 0.15) is 11.6 Å². The molecule has 35 heavy (non-hydrogen) atoms. The molecule has 0 aromatic heterocycles. The Morgan fingerprint density at radius 3 is 2.00 bits per heavy atom. The predicted molar refractivity (Wildman–Crippen MR) is 136 cm³/mol. The average Bonchev–Trinajstić information content (AvgIpc) is 3.09. The van der Waals surface area contributed by atoms with E-state index in [0.717, 1.165) is 16.7 Å². The van der Waals surface area contributed by atoms with Crippen LogP contribution in [-0.4, -0.2) is 45.7 Å². The van der Waals surface area contributed by atoms with E-state index in [1.807, 2.05) is 105 Å². The van der Waals surface area contributed by atoms with Crippen molar-refractivity contribution in [2.24, 2.45) is 0 Å². The van der Waals surface area contributed by atoms with Gasteiger partial charge in [0.05, 0.1) is 12.1 Å². The Morgan fingerprint density at radius 1 is 0.914 bits per heavy atom. The zero-order valence-corrected chi connectivity index (χ0v) is 20.3. The molecule has 4 rings (SSSR count). The Hall–Kier alpha value is -3.48. The van der Waals surface area contributed by atoms with Crippen molar-refractivity contribution in [2.75, 3.05) is 6.54 Å². The highest BCUT2D eigenvalue weighted by Gasteiger charge is 2.53. The van der Waals surface area contributed by atoms with Gasteiger partial charge in [-0.05, 0) is 30.5 Å². The third-order valence-electron chi connectivity index (χ3n) is 6.56. The number of carbonyl (C=O) groups is 2. The summed E-state index contributed by atoms with van der Waals surface area (Å²) in [6.45, 7) is 4.25. The van der Waals surface area contributed by atoms with Crippen molar-refractivity contribution in [3.63, 3.8) is 0 Å². The molecule has 2 amide bonds. The molecule has 2 atom stereocenters. The Kier molecular flexibility index (Phi) is 7.34. The van der Waals surface area contributed by atoms with E-state index in [4.69, 9.17) is 0 Å². The van der Waals surface area contributed by atoms with Gasteiger partial charge >= 0.3 is 0 Å². The minimum absolute atomic E-state index is 0.0494. The van der Waals surface area contributed by atoms with Crippen molar-refractivity contribution in [2.45, 2.75) is 50.5 Å². The van der Waals surface area contributed by atoms with Crippen molar-refractivity contribution in [3.05, 3.63) is 108 Å².